The van der Waals surface area contributed by atoms with Crippen molar-refractivity contribution < 1.29 is 8.42 Å². The SMILES string of the molecule is Cc1cc(Br)cc(C)c1NS(=O)(=O)N1CCC(CN)CC1. The second-order valence-electron chi connectivity index (χ2n) is 5.60. The molecule has 5 nitrogen and oxygen atoms in total. The van der Waals surface area contributed by atoms with E-state index in [0.29, 0.717) is 31.2 Å². The highest BCUT2D eigenvalue weighted by Gasteiger charge is 2.28. The minimum Gasteiger partial charge on any atom is -0.330 e. The first-order valence-electron chi connectivity index (χ1n) is 7.08. The molecule has 1 aromatic carbocycles. The molecule has 1 fully saturated rings. The van der Waals surface area contributed by atoms with Crippen molar-refractivity contribution in [3.8, 4) is 0 Å². The van der Waals surface area contributed by atoms with Gasteiger partial charge in [0.15, 0.2) is 0 Å². The number of hydrogen-bond donors (Lipinski definition) is 2. The third kappa shape index (κ3) is 3.97. The van der Waals surface area contributed by atoms with E-state index in [-0.39, 0.29) is 0 Å². The predicted molar refractivity (Wildman–Crippen MR) is 89.5 cm³/mol. The normalized spacial score (nSPS) is 17.9. The van der Waals surface area contributed by atoms with Gasteiger partial charge in [0.25, 0.3) is 0 Å². The Kier molecular flexibility index (Phi) is 5.29. The zero-order chi connectivity index (χ0) is 15.6. The van der Waals surface area contributed by atoms with E-state index in [2.05, 4.69) is 20.7 Å². The third-order valence-corrected chi connectivity index (χ3v) is 5.94. The topological polar surface area (TPSA) is 75.4 Å². The highest BCUT2D eigenvalue weighted by Crippen LogP contribution is 2.27. The van der Waals surface area contributed by atoms with Gasteiger partial charge in [-0.15, -0.1) is 0 Å². The van der Waals surface area contributed by atoms with E-state index in [9.17, 15) is 8.42 Å². The number of benzene rings is 1. The molecule has 1 heterocycles. The maximum Gasteiger partial charge on any atom is 0.301 e. The summed E-state index contributed by atoms with van der Waals surface area (Å²) in [6, 6.07) is 3.82. The average molecular weight is 376 g/mol. The maximum atomic E-state index is 12.5. The standard InChI is InChI=1S/C14H22BrN3O2S/c1-10-7-13(15)8-11(2)14(10)17-21(19,20)18-5-3-12(9-16)4-6-18/h7-8,12,17H,3-6,9,16H2,1-2H3. The van der Waals surface area contributed by atoms with Gasteiger partial charge in [-0.25, -0.2) is 0 Å². The number of hydrogen-bond acceptors (Lipinski definition) is 3. The van der Waals surface area contributed by atoms with E-state index in [4.69, 9.17) is 5.73 Å². The van der Waals surface area contributed by atoms with Gasteiger partial charge in [0.05, 0.1) is 5.69 Å². The van der Waals surface area contributed by atoms with Crippen LogP contribution in [0.25, 0.3) is 0 Å². The number of rotatable bonds is 4. The molecule has 1 aliphatic rings. The molecule has 2 rings (SSSR count). The van der Waals surface area contributed by atoms with Crippen molar-refractivity contribution in [1.29, 1.82) is 0 Å². The number of anilines is 1. The van der Waals surface area contributed by atoms with Crippen LogP contribution in [0, 0.1) is 19.8 Å². The second kappa shape index (κ2) is 6.64. The van der Waals surface area contributed by atoms with Gasteiger partial charge in [0.1, 0.15) is 0 Å². The molecule has 7 heteroatoms. The van der Waals surface area contributed by atoms with E-state index in [0.717, 1.165) is 28.4 Å². The van der Waals surface area contributed by atoms with E-state index < -0.39 is 10.2 Å². The number of aryl methyl sites for hydroxylation is 2. The van der Waals surface area contributed by atoms with Crippen LogP contribution in [0.4, 0.5) is 5.69 Å². The molecule has 0 spiro atoms. The van der Waals surface area contributed by atoms with Crippen LogP contribution in [0.1, 0.15) is 24.0 Å². The van der Waals surface area contributed by atoms with Crippen molar-refractivity contribution in [3.63, 3.8) is 0 Å². The first kappa shape index (κ1) is 16.7. The summed E-state index contributed by atoms with van der Waals surface area (Å²) in [5, 5.41) is 0. The Hall–Kier alpha value is -0.630. The van der Waals surface area contributed by atoms with Crippen LogP contribution in [-0.2, 0) is 10.2 Å². The van der Waals surface area contributed by atoms with Gasteiger partial charge in [-0.3, -0.25) is 4.72 Å². The lowest BCUT2D eigenvalue weighted by Crippen LogP contribution is -2.42. The summed E-state index contributed by atoms with van der Waals surface area (Å²) in [5.74, 6) is 0.438. The Morgan fingerprint density at radius 3 is 2.29 bits per heavy atom. The lowest BCUT2D eigenvalue weighted by Gasteiger charge is -2.31. The number of halogens is 1. The average Bonchev–Trinajstić information content (AvgIpc) is 2.43. The van der Waals surface area contributed by atoms with Crippen molar-refractivity contribution in [2.75, 3.05) is 24.4 Å². The zero-order valence-electron chi connectivity index (χ0n) is 12.4. The Balaban J connectivity index is 2.15. The fraction of sp³-hybridized carbons (Fsp3) is 0.571. The van der Waals surface area contributed by atoms with Crippen LogP contribution >= 0.6 is 15.9 Å². The highest BCUT2D eigenvalue weighted by atomic mass is 79.9. The molecular formula is C14H22BrN3O2S. The lowest BCUT2D eigenvalue weighted by atomic mass is 9.99. The van der Waals surface area contributed by atoms with Crippen molar-refractivity contribution in [1.82, 2.24) is 4.31 Å². The van der Waals surface area contributed by atoms with Crippen molar-refractivity contribution >= 4 is 31.8 Å². The molecule has 118 valence electrons. The summed E-state index contributed by atoms with van der Waals surface area (Å²) >= 11 is 3.42. The molecule has 0 saturated carbocycles. The van der Waals surface area contributed by atoms with Crippen molar-refractivity contribution in [3.05, 3.63) is 27.7 Å². The maximum absolute atomic E-state index is 12.5. The predicted octanol–water partition coefficient (Wildman–Crippen LogP) is 2.39. The molecule has 3 N–H and O–H groups in total. The van der Waals surface area contributed by atoms with Crippen molar-refractivity contribution in [2.24, 2.45) is 11.7 Å². The van der Waals surface area contributed by atoms with Crippen LogP contribution in [0.5, 0.6) is 0 Å². The summed E-state index contributed by atoms with van der Waals surface area (Å²) in [7, 11) is -3.50. The molecular weight excluding hydrogens is 354 g/mol. The van der Waals surface area contributed by atoms with Gasteiger partial charge < -0.3 is 5.73 Å². The monoisotopic (exact) mass is 375 g/mol. The molecule has 0 bridgehead atoms. The molecule has 1 aromatic rings. The Morgan fingerprint density at radius 2 is 1.81 bits per heavy atom. The summed E-state index contributed by atoms with van der Waals surface area (Å²) in [4.78, 5) is 0. The molecule has 0 unspecified atom stereocenters. The molecule has 0 amide bonds. The van der Waals surface area contributed by atoms with Gasteiger partial charge in [0.2, 0.25) is 0 Å². The molecule has 1 aliphatic heterocycles. The van der Waals surface area contributed by atoms with Crippen molar-refractivity contribution in [2.45, 2.75) is 26.7 Å². The quantitative estimate of drug-likeness (QED) is 0.847. The first-order valence-corrected chi connectivity index (χ1v) is 9.31. The largest absolute Gasteiger partial charge is 0.330 e. The second-order valence-corrected chi connectivity index (χ2v) is 8.19. The Morgan fingerprint density at radius 1 is 1.29 bits per heavy atom. The fourth-order valence-corrected chi connectivity index (χ4v) is 4.74. The molecule has 0 radical (unpaired) electrons. The smallest absolute Gasteiger partial charge is 0.301 e. The summed E-state index contributed by atoms with van der Waals surface area (Å²) < 4.78 is 30.2. The zero-order valence-corrected chi connectivity index (χ0v) is 14.8. The van der Waals surface area contributed by atoms with Gasteiger partial charge in [-0.05, 0) is 62.4 Å². The van der Waals surface area contributed by atoms with E-state index in [1.807, 2.05) is 26.0 Å². The van der Waals surface area contributed by atoms with Gasteiger partial charge in [-0.1, -0.05) is 15.9 Å². The van der Waals surface area contributed by atoms with E-state index in [1.54, 1.807) is 0 Å². The van der Waals surface area contributed by atoms with Gasteiger partial charge >= 0.3 is 10.2 Å². The van der Waals surface area contributed by atoms with E-state index in [1.165, 1.54) is 4.31 Å². The van der Waals surface area contributed by atoms with Gasteiger partial charge in [0, 0.05) is 17.6 Å². The number of piperidine rings is 1. The summed E-state index contributed by atoms with van der Waals surface area (Å²) in [6.07, 6.45) is 1.66. The molecule has 0 atom stereocenters. The number of nitrogens with two attached hydrogens (primary N) is 1. The first-order chi connectivity index (χ1) is 9.83. The van der Waals surface area contributed by atoms with Crippen LogP contribution in [0.2, 0.25) is 0 Å². The molecule has 21 heavy (non-hydrogen) atoms. The lowest BCUT2D eigenvalue weighted by molar-refractivity contribution is 0.280. The number of nitrogens with zero attached hydrogens (tertiary/aromatic N) is 1. The number of nitrogens with one attached hydrogen (secondary N) is 1. The Bertz CT molecular complexity index is 588. The third-order valence-electron chi connectivity index (χ3n) is 3.98. The minimum absolute atomic E-state index is 0.438. The molecule has 0 aromatic heterocycles. The van der Waals surface area contributed by atoms with E-state index >= 15 is 0 Å². The summed E-state index contributed by atoms with van der Waals surface area (Å²) in [6.45, 7) is 5.50. The molecule has 1 saturated heterocycles. The van der Waals surface area contributed by atoms with Crippen LogP contribution in [0.3, 0.4) is 0 Å². The fourth-order valence-electron chi connectivity index (χ4n) is 2.65. The highest BCUT2D eigenvalue weighted by molar-refractivity contribution is 9.10. The Labute approximate surface area is 135 Å². The van der Waals surface area contributed by atoms with Crippen LogP contribution in [-0.4, -0.2) is 32.4 Å². The summed E-state index contributed by atoms with van der Waals surface area (Å²) in [5.41, 5.74) is 8.12. The van der Waals surface area contributed by atoms with Gasteiger partial charge in [-0.2, -0.15) is 12.7 Å². The van der Waals surface area contributed by atoms with Crippen LogP contribution in [0.15, 0.2) is 16.6 Å². The minimum atomic E-state index is -3.50. The van der Waals surface area contributed by atoms with Crippen LogP contribution < -0.4 is 10.5 Å². The molecule has 0 aliphatic carbocycles.